The maximum atomic E-state index is 11.5. The molecule has 0 bridgehead atoms. The largest absolute Gasteiger partial charge is 0.465 e. The Morgan fingerprint density at radius 2 is 1.89 bits per heavy atom. The highest BCUT2D eigenvalue weighted by atomic mass is 16.5. The standard InChI is InChI=1S/C16H19NO2/c1-11(2)9-13-5-7-14(8-6-13)12(3)15(10-17)16(18)19-4/h5-8,11H,9H2,1-4H3/b15-12+. The van der Waals surface area contributed by atoms with Crippen molar-refractivity contribution in [3.63, 3.8) is 0 Å². The first-order chi connectivity index (χ1) is 8.99. The van der Waals surface area contributed by atoms with Gasteiger partial charge in [-0.1, -0.05) is 38.1 Å². The van der Waals surface area contributed by atoms with Crippen molar-refractivity contribution in [1.82, 2.24) is 0 Å². The summed E-state index contributed by atoms with van der Waals surface area (Å²) in [4.78, 5) is 11.5. The molecule has 0 amide bonds. The maximum Gasteiger partial charge on any atom is 0.348 e. The van der Waals surface area contributed by atoms with Crippen molar-refractivity contribution in [3.05, 3.63) is 41.0 Å². The van der Waals surface area contributed by atoms with Crippen LogP contribution in [-0.2, 0) is 16.0 Å². The van der Waals surface area contributed by atoms with Gasteiger partial charge in [0.2, 0.25) is 0 Å². The molecule has 0 atom stereocenters. The van der Waals surface area contributed by atoms with Gasteiger partial charge < -0.3 is 4.74 Å². The molecule has 0 unspecified atom stereocenters. The first-order valence-electron chi connectivity index (χ1n) is 6.28. The number of hydrogen-bond donors (Lipinski definition) is 0. The molecule has 0 aliphatic rings. The Balaban J connectivity index is 3.06. The van der Waals surface area contributed by atoms with E-state index in [1.807, 2.05) is 30.3 Å². The molecule has 0 aliphatic heterocycles. The third-order valence-electron chi connectivity index (χ3n) is 2.91. The molecule has 1 aromatic rings. The van der Waals surface area contributed by atoms with Gasteiger partial charge in [0.25, 0.3) is 0 Å². The van der Waals surface area contributed by atoms with E-state index in [-0.39, 0.29) is 5.57 Å². The monoisotopic (exact) mass is 257 g/mol. The molecular weight excluding hydrogens is 238 g/mol. The maximum absolute atomic E-state index is 11.5. The second kappa shape index (κ2) is 6.75. The van der Waals surface area contributed by atoms with Crippen LogP contribution >= 0.6 is 0 Å². The Morgan fingerprint density at radius 3 is 2.32 bits per heavy atom. The quantitative estimate of drug-likeness (QED) is 0.472. The van der Waals surface area contributed by atoms with Crippen molar-refractivity contribution in [1.29, 1.82) is 5.26 Å². The predicted molar refractivity (Wildman–Crippen MR) is 75.2 cm³/mol. The summed E-state index contributed by atoms with van der Waals surface area (Å²) >= 11 is 0. The summed E-state index contributed by atoms with van der Waals surface area (Å²) in [6.45, 7) is 6.10. The molecule has 3 heteroatoms. The lowest BCUT2D eigenvalue weighted by Crippen LogP contribution is -2.05. The summed E-state index contributed by atoms with van der Waals surface area (Å²) in [5, 5.41) is 9.02. The number of rotatable bonds is 4. The predicted octanol–water partition coefficient (Wildman–Crippen LogP) is 3.36. The molecule has 3 nitrogen and oxygen atoms in total. The third kappa shape index (κ3) is 3.96. The minimum absolute atomic E-state index is 0.0547. The molecule has 0 saturated heterocycles. The van der Waals surface area contributed by atoms with Gasteiger partial charge in [0.15, 0.2) is 0 Å². The Bertz CT molecular complexity index is 519. The van der Waals surface area contributed by atoms with Crippen LogP contribution in [0, 0.1) is 17.2 Å². The molecule has 1 aromatic carbocycles. The highest BCUT2D eigenvalue weighted by molar-refractivity contribution is 6.01. The number of hydrogen-bond acceptors (Lipinski definition) is 3. The molecule has 0 aromatic heterocycles. The van der Waals surface area contributed by atoms with Gasteiger partial charge in [-0.15, -0.1) is 0 Å². The molecule has 0 spiro atoms. The van der Waals surface area contributed by atoms with Crippen molar-refractivity contribution < 1.29 is 9.53 Å². The summed E-state index contributed by atoms with van der Waals surface area (Å²) in [6.07, 6.45) is 1.02. The number of carbonyl (C=O) groups is 1. The lowest BCUT2D eigenvalue weighted by Gasteiger charge is -2.08. The second-order valence-electron chi connectivity index (χ2n) is 4.90. The van der Waals surface area contributed by atoms with Crippen LogP contribution in [0.4, 0.5) is 0 Å². The fourth-order valence-electron chi connectivity index (χ4n) is 1.89. The zero-order chi connectivity index (χ0) is 14.4. The molecular formula is C16H19NO2. The van der Waals surface area contributed by atoms with Crippen LogP contribution < -0.4 is 0 Å². The number of nitrogens with zero attached hydrogens (tertiary/aromatic N) is 1. The van der Waals surface area contributed by atoms with Gasteiger partial charge in [-0.2, -0.15) is 5.26 Å². The van der Waals surface area contributed by atoms with Crippen LogP contribution in [0.25, 0.3) is 5.57 Å². The molecule has 1 rings (SSSR count). The van der Waals surface area contributed by atoms with Gasteiger partial charge in [-0.25, -0.2) is 4.79 Å². The second-order valence-corrected chi connectivity index (χ2v) is 4.90. The normalized spacial score (nSPS) is 11.8. The Hall–Kier alpha value is -2.08. The Labute approximate surface area is 114 Å². The van der Waals surface area contributed by atoms with Crippen molar-refractivity contribution in [2.24, 2.45) is 5.92 Å². The van der Waals surface area contributed by atoms with E-state index in [9.17, 15) is 4.79 Å². The molecule has 0 aliphatic carbocycles. The third-order valence-corrected chi connectivity index (χ3v) is 2.91. The van der Waals surface area contributed by atoms with Gasteiger partial charge in [0.05, 0.1) is 7.11 Å². The van der Waals surface area contributed by atoms with Crippen LogP contribution in [0.15, 0.2) is 29.8 Å². The number of nitriles is 1. The summed E-state index contributed by atoms with van der Waals surface area (Å²) in [5.41, 5.74) is 2.82. The van der Waals surface area contributed by atoms with E-state index >= 15 is 0 Å². The lowest BCUT2D eigenvalue weighted by atomic mass is 9.97. The van der Waals surface area contributed by atoms with E-state index in [1.165, 1.54) is 12.7 Å². The van der Waals surface area contributed by atoms with E-state index in [0.29, 0.717) is 11.5 Å². The summed E-state index contributed by atoms with van der Waals surface area (Å²) in [7, 11) is 1.28. The highest BCUT2D eigenvalue weighted by Gasteiger charge is 2.13. The van der Waals surface area contributed by atoms with E-state index in [1.54, 1.807) is 6.92 Å². The zero-order valence-electron chi connectivity index (χ0n) is 11.9. The summed E-state index contributed by atoms with van der Waals surface area (Å²) in [6, 6.07) is 9.84. The Kier molecular flexibility index (Phi) is 5.32. The molecule has 0 radical (unpaired) electrons. The number of carbonyl (C=O) groups excluding carboxylic acids is 1. The summed E-state index contributed by atoms with van der Waals surface area (Å²) < 4.78 is 4.60. The SMILES string of the molecule is COC(=O)/C(C#N)=C(\C)c1ccc(CC(C)C)cc1. The summed E-state index contributed by atoms with van der Waals surface area (Å²) in [5.74, 6) is 0.0125. The first-order valence-corrected chi connectivity index (χ1v) is 6.28. The first kappa shape index (κ1) is 15.0. The average Bonchev–Trinajstić information content (AvgIpc) is 2.39. The molecule has 0 N–H and O–H groups in total. The number of allylic oxidation sites excluding steroid dienone is 1. The van der Waals surface area contributed by atoms with E-state index in [2.05, 4.69) is 18.6 Å². The van der Waals surface area contributed by atoms with E-state index in [4.69, 9.17) is 5.26 Å². The zero-order valence-corrected chi connectivity index (χ0v) is 11.9. The molecule has 100 valence electrons. The molecule has 19 heavy (non-hydrogen) atoms. The van der Waals surface area contributed by atoms with Crippen LogP contribution in [0.5, 0.6) is 0 Å². The van der Waals surface area contributed by atoms with Gasteiger partial charge >= 0.3 is 5.97 Å². The molecule has 0 fully saturated rings. The topological polar surface area (TPSA) is 50.1 Å². The molecule has 0 saturated carbocycles. The van der Waals surface area contributed by atoms with E-state index in [0.717, 1.165) is 12.0 Å². The number of benzene rings is 1. The van der Waals surface area contributed by atoms with Crippen molar-refractivity contribution in [2.75, 3.05) is 7.11 Å². The Morgan fingerprint density at radius 1 is 1.32 bits per heavy atom. The van der Waals surface area contributed by atoms with Crippen molar-refractivity contribution in [2.45, 2.75) is 27.2 Å². The minimum atomic E-state index is -0.591. The minimum Gasteiger partial charge on any atom is -0.465 e. The number of methoxy groups -OCH3 is 1. The van der Waals surface area contributed by atoms with Gasteiger partial charge in [0, 0.05) is 0 Å². The van der Waals surface area contributed by atoms with Crippen LogP contribution in [0.3, 0.4) is 0 Å². The fourth-order valence-corrected chi connectivity index (χ4v) is 1.89. The number of esters is 1. The fraction of sp³-hybridized carbons (Fsp3) is 0.375. The van der Waals surface area contributed by atoms with Crippen LogP contribution in [0.1, 0.15) is 31.9 Å². The van der Waals surface area contributed by atoms with Gasteiger partial charge in [-0.05, 0) is 36.0 Å². The average molecular weight is 257 g/mol. The van der Waals surface area contributed by atoms with Gasteiger partial charge in [0.1, 0.15) is 11.6 Å². The lowest BCUT2D eigenvalue weighted by molar-refractivity contribution is -0.135. The van der Waals surface area contributed by atoms with E-state index < -0.39 is 5.97 Å². The van der Waals surface area contributed by atoms with Gasteiger partial charge in [-0.3, -0.25) is 0 Å². The highest BCUT2D eigenvalue weighted by Crippen LogP contribution is 2.20. The van der Waals surface area contributed by atoms with Crippen molar-refractivity contribution in [3.8, 4) is 6.07 Å². The smallest absolute Gasteiger partial charge is 0.348 e. The van der Waals surface area contributed by atoms with Crippen LogP contribution in [0.2, 0.25) is 0 Å². The number of ether oxygens (including phenoxy) is 1. The van der Waals surface area contributed by atoms with Crippen LogP contribution in [-0.4, -0.2) is 13.1 Å². The van der Waals surface area contributed by atoms with Crippen molar-refractivity contribution >= 4 is 11.5 Å². The molecule has 0 heterocycles.